The highest BCUT2D eigenvalue weighted by molar-refractivity contribution is 6.02. The third-order valence-electron chi connectivity index (χ3n) is 3.68. The smallest absolute Gasteiger partial charge is 0.337 e. The van der Waals surface area contributed by atoms with Crippen LogP contribution in [0.5, 0.6) is 11.5 Å². The van der Waals surface area contributed by atoms with Crippen molar-refractivity contribution in [2.75, 3.05) is 19.5 Å². The number of fused-ring (bicyclic) bond motifs is 1. The maximum absolute atomic E-state index is 11.4. The van der Waals surface area contributed by atoms with Crippen LogP contribution in [0, 0.1) is 0 Å². The molecular weight excluding hydrogens is 308 g/mol. The van der Waals surface area contributed by atoms with Gasteiger partial charge in [0.25, 0.3) is 0 Å². The molecule has 6 heteroatoms. The van der Waals surface area contributed by atoms with Gasteiger partial charge in [0.2, 0.25) is 0 Å². The molecule has 0 saturated heterocycles. The standard InChI is InChI=1S/C18H16N2O4/c1-23-14-7-8-15(24-2)17-16(14)13(9-10-19-17)20-12-6-4-3-5-11(12)18(21)22/h3-10H,1-2H3,(H,19,20)(H,21,22). The summed E-state index contributed by atoms with van der Waals surface area (Å²) in [5.41, 5.74) is 1.99. The number of ether oxygens (including phenoxy) is 2. The number of nitrogens with zero attached hydrogens (tertiary/aromatic N) is 1. The number of carbonyl (C=O) groups is 1. The van der Waals surface area contributed by atoms with Crippen molar-refractivity contribution in [3.8, 4) is 11.5 Å². The molecule has 0 aliphatic rings. The molecular formula is C18H16N2O4. The van der Waals surface area contributed by atoms with Crippen LogP contribution in [0.4, 0.5) is 11.4 Å². The van der Waals surface area contributed by atoms with Crippen LogP contribution in [0.3, 0.4) is 0 Å². The van der Waals surface area contributed by atoms with Crippen molar-refractivity contribution in [2.45, 2.75) is 0 Å². The summed E-state index contributed by atoms with van der Waals surface area (Å²) in [6, 6.07) is 12.1. The summed E-state index contributed by atoms with van der Waals surface area (Å²) in [6.07, 6.45) is 1.63. The van der Waals surface area contributed by atoms with Gasteiger partial charge in [-0.05, 0) is 30.3 Å². The minimum Gasteiger partial charge on any atom is -0.496 e. The molecule has 0 fully saturated rings. The second-order valence-electron chi connectivity index (χ2n) is 5.03. The average Bonchev–Trinajstić information content (AvgIpc) is 2.61. The summed E-state index contributed by atoms with van der Waals surface area (Å²) in [5, 5.41) is 13.2. The van der Waals surface area contributed by atoms with Gasteiger partial charge in [-0.25, -0.2) is 4.79 Å². The van der Waals surface area contributed by atoms with Gasteiger partial charge in [0.05, 0.1) is 36.5 Å². The van der Waals surface area contributed by atoms with Crippen LogP contribution in [-0.4, -0.2) is 30.3 Å². The van der Waals surface area contributed by atoms with Crippen LogP contribution in [0.1, 0.15) is 10.4 Å². The summed E-state index contributed by atoms with van der Waals surface area (Å²) in [5.74, 6) is 0.233. The molecule has 3 rings (SSSR count). The number of rotatable bonds is 5. The van der Waals surface area contributed by atoms with E-state index in [4.69, 9.17) is 9.47 Å². The first-order chi connectivity index (χ1) is 11.7. The van der Waals surface area contributed by atoms with Crippen molar-refractivity contribution in [3.63, 3.8) is 0 Å². The van der Waals surface area contributed by atoms with E-state index in [9.17, 15) is 9.90 Å². The van der Waals surface area contributed by atoms with Crippen LogP contribution < -0.4 is 14.8 Å². The van der Waals surface area contributed by atoms with Crippen LogP contribution >= 0.6 is 0 Å². The van der Waals surface area contributed by atoms with E-state index in [1.807, 2.05) is 0 Å². The van der Waals surface area contributed by atoms with E-state index < -0.39 is 5.97 Å². The molecule has 122 valence electrons. The van der Waals surface area contributed by atoms with E-state index in [1.54, 1.807) is 62.9 Å². The van der Waals surface area contributed by atoms with Crippen molar-refractivity contribution in [1.82, 2.24) is 4.98 Å². The molecule has 1 heterocycles. The summed E-state index contributed by atoms with van der Waals surface area (Å²) in [4.78, 5) is 15.8. The molecule has 3 aromatic rings. The largest absolute Gasteiger partial charge is 0.496 e. The lowest BCUT2D eigenvalue weighted by Gasteiger charge is -2.15. The summed E-state index contributed by atoms with van der Waals surface area (Å²) >= 11 is 0. The Hall–Kier alpha value is -3.28. The summed E-state index contributed by atoms with van der Waals surface area (Å²) in [7, 11) is 3.14. The monoisotopic (exact) mass is 324 g/mol. The van der Waals surface area contributed by atoms with Crippen molar-refractivity contribution in [3.05, 3.63) is 54.2 Å². The molecule has 24 heavy (non-hydrogen) atoms. The van der Waals surface area contributed by atoms with Gasteiger partial charge in [-0.1, -0.05) is 12.1 Å². The minimum absolute atomic E-state index is 0.185. The lowest BCUT2D eigenvalue weighted by Crippen LogP contribution is -2.03. The third kappa shape index (κ3) is 2.69. The fraction of sp³-hybridized carbons (Fsp3) is 0.111. The van der Waals surface area contributed by atoms with Crippen LogP contribution in [0.2, 0.25) is 0 Å². The molecule has 0 saturated carbocycles. The zero-order valence-corrected chi connectivity index (χ0v) is 13.2. The Bertz CT molecular complexity index is 909. The molecule has 2 aromatic carbocycles. The molecule has 0 amide bonds. The van der Waals surface area contributed by atoms with Crippen molar-refractivity contribution >= 4 is 28.2 Å². The van der Waals surface area contributed by atoms with Crippen LogP contribution in [0.15, 0.2) is 48.7 Å². The van der Waals surface area contributed by atoms with Gasteiger partial charge in [0.15, 0.2) is 0 Å². The summed E-state index contributed by atoms with van der Waals surface area (Å²) < 4.78 is 10.8. The van der Waals surface area contributed by atoms with Gasteiger partial charge < -0.3 is 19.9 Å². The second kappa shape index (κ2) is 6.45. The molecule has 1 aromatic heterocycles. The zero-order chi connectivity index (χ0) is 17.1. The number of aromatic nitrogens is 1. The number of hydrogen-bond donors (Lipinski definition) is 2. The first-order valence-corrected chi connectivity index (χ1v) is 7.24. The minimum atomic E-state index is -0.999. The maximum atomic E-state index is 11.4. The lowest BCUT2D eigenvalue weighted by atomic mass is 10.1. The van der Waals surface area contributed by atoms with Gasteiger partial charge in [0.1, 0.15) is 17.0 Å². The van der Waals surface area contributed by atoms with E-state index in [0.29, 0.717) is 28.4 Å². The highest BCUT2D eigenvalue weighted by Crippen LogP contribution is 2.37. The molecule has 0 unspecified atom stereocenters. The first kappa shape index (κ1) is 15.6. The zero-order valence-electron chi connectivity index (χ0n) is 13.2. The van der Waals surface area contributed by atoms with E-state index >= 15 is 0 Å². The van der Waals surface area contributed by atoms with E-state index in [2.05, 4.69) is 10.3 Å². The van der Waals surface area contributed by atoms with Gasteiger partial charge >= 0.3 is 5.97 Å². The Kier molecular flexibility index (Phi) is 4.20. The third-order valence-corrected chi connectivity index (χ3v) is 3.68. The maximum Gasteiger partial charge on any atom is 0.337 e. The number of para-hydroxylation sites is 1. The van der Waals surface area contributed by atoms with Gasteiger partial charge in [0, 0.05) is 6.20 Å². The quantitative estimate of drug-likeness (QED) is 0.745. The molecule has 0 aliphatic carbocycles. The van der Waals surface area contributed by atoms with E-state index in [0.717, 1.165) is 5.39 Å². The van der Waals surface area contributed by atoms with E-state index in [-0.39, 0.29) is 5.56 Å². The number of aromatic carboxylic acids is 1. The van der Waals surface area contributed by atoms with Crippen LogP contribution in [0.25, 0.3) is 10.9 Å². The Morgan fingerprint density at radius 2 is 1.71 bits per heavy atom. The van der Waals surface area contributed by atoms with Gasteiger partial charge in [-0.2, -0.15) is 0 Å². The molecule has 0 atom stereocenters. The molecule has 6 nitrogen and oxygen atoms in total. The first-order valence-electron chi connectivity index (χ1n) is 7.24. The fourth-order valence-corrected chi connectivity index (χ4v) is 2.57. The molecule has 0 aliphatic heterocycles. The second-order valence-corrected chi connectivity index (χ2v) is 5.03. The number of carboxylic acids is 1. The number of pyridine rings is 1. The normalized spacial score (nSPS) is 10.4. The number of methoxy groups -OCH3 is 2. The fourth-order valence-electron chi connectivity index (χ4n) is 2.57. The number of benzene rings is 2. The number of carboxylic acid groups (broad SMARTS) is 1. The average molecular weight is 324 g/mol. The summed E-state index contributed by atoms with van der Waals surface area (Å²) in [6.45, 7) is 0. The predicted molar refractivity (Wildman–Crippen MR) is 91.5 cm³/mol. The Morgan fingerprint density at radius 1 is 1.00 bits per heavy atom. The number of hydrogen-bond acceptors (Lipinski definition) is 5. The SMILES string of the molecule is COc1ccc(OC)c2c(Nc3ccccc3C(=O)O)ccnc12. The van der Waals surface area contributed by atoms with Gasteiger partial charge in [-0.3, -0.25) is 4.98 Å². The number of anilines is 2. The Labute approximate surface area is 138 Å². The Balaban J connectivity index is 2.19. The lowest BCUT2D eigenvalue weighted by molar-refractivity contribution is 0.0698. The molecule has 0 spiro atoms. The van der Waals surface area contributed by atoms with Crippen molar-refractivity contribution < 1.29 is 19.4 Å². The molecule has 0 bridgehead atoms. The predicted octanol–water partition coefficient (Wildman–Crippen LogP) is 3.69. The van der Waals surface area contributed by atoms with E-state index in [1.165, 1.54) is 0 Å². The highest BCUT2D eigenvalue weighted by atomic mass is 16.5. The van der Waals surface area contributed by atoms with Crippen molar-refractivity contribution in [1.29, 1.82) is 0 Å². The molecule has 0 radical (unpaired) electrons. The Morgan fingerprint density at radius 3 is 2.42 bits per heavy atom. The van der Waals surface area contributed by atoms with Crippen molar-refractivity contribution in [2.24, 2.45) is 0 Å². The van der Waals surface area contributed by atoms with Gasteiger partial charge in [-0.15, -0.1) is 0 Å². The topological polar surface area (TPSA) is 80.7 Å². The number of nitrogens with one attached hydrogen (secondary N) is 1. The molecule has 2 N–H and O–H groups in total. The highest BCUT2D eigenvalue weighted by Gasteiger charge is 2.15. The van der Waals surface area contributed by atoms with Crippen LogP contribution in [-0.2, 0) is 0 Å².